The van der Waals surface area contributed by atoms with Crippen LogP contribution in [-0.2, 0) is 0 Å². The molecule has 29 heavy (non-hydrogen) atoms. The fraction of sp³-hybridized carbons (Fsp3) is 0.227. The maximum Gasteiger partial charge on any atom is 0.259 e. The highest BCUT2D eigenvalue weighted by Gasteiger charge is 2.15. The molecule has 3 heterocycles. The normalized spacial score (nSPS) is 13.8. The molecule has 4 rings (SSSR count). The first kappa shape index (κ1) is 18.9. The van der Waals surface area contributed by atoms with Crippen molar-refractivity contribution in [2.45, 2.75) is 19.3 Å². The summed E-state index contributed by atoms with van der Waals surface area (Å²) in [6.07, 6.45) is 6.87. The van der Waals surface area contributed by atoms with Crippen LogP contribution in [0.1, 0.15) is 29.6 Å². The Morgan fingerprint density at radius 3 is 2.59 bits per heavy atom. The van der Waals surface area contributed by atoms with Gasteiger partial charge in [0.1, 0.15) is 17.5 Å². The molecule has 2 aromatic heterocycles. The van der Waals surface area contributed by atoms with Gasteiger partial charge < -0.3 is 15.5 Å². The van der Waals surface area contributed by atoms with Gasteiger partial charge >= 0.3 is 0 Å². The lowest BCUT2D eigenvalue weighted by atomic mass is 10.1. The van der Waals surface area contributed by atoms with Crippen LogP contribution in [0.4, 0.5) is 27.4 Å². The van der Waals surface area contributed by atoms with Gasteiger partial charge in [0.15, 0.2) is 0 Å². The Balaban J connectivity index is 1.47. The van der Waals surface area contributed by atoms with Crippen molar-refractivity contribution in [2.75, 3.05) is 28.6 Å². The van der Waals surface area contributed by atoms with E-state index in [1.807, 2.05) is 12.1 Å². The topological polar surface area (TPSA) is 70.2 Å². The molecule has 0 atom stereocenters. The van der Waals surface area contributed by atoms with Gasteiger partial charge in [0.2, 0.25) is 0 Å². The molecule has 0 saturated carbocycles. The first-order chi connectivity index (χ1) is 14.2. The molecule has 0 spiro atoms. The molecule has 1 aromatic carbocycles. The monoisotopic (exact) mass is 391 g/mol. The van der Waals surface area contributed by atoms with Crippen LogP contribution < -0.4 is 15.5 Å². The van der Waals surface area contributed by atoms with Crippen molar-refractivity contribution in [1.82, 2.24) is 9.97 Å². The average Bonchev–Trinajstić information content (AvgIpc) is 2.75. The Hall–Kier alpha value is -3.48. The first-order valence-electron chi connectivity index (χ1n) is 9.69. The molecule has 148 valence electrons. The molecule has 1 aliphatic heterocycles. The van der Waals surface area contributed by atoms with Crippen LogP contribution in [0.25, 0.3) is 0 Å². The molecule has 0 aliphatic carbocycles. The number of benzene rings is 1. The third-order valence-corrected chi connectivity index (χ3v) is 4.83. The first-order valence-corrected chi connectivity index (χ1v) is 9.69. The molecule has 6 nitrogen and oxygen atoms in total. The lowest BCUT2D eigenvalue weighted by molar-refractivity contribution is 0.102. The fourth-order valence-electron chi connectivity index (χ4n) is 3.36. The highest BCUT2D eigenvalue weighted by molar-refractivity contribution is 6.07. The summed E-state index contributed by atoms with van der Waals surface area (Å²) in [5.74, 6) is 0.604. The van der Waals surface area contributed by atoms with Gasteiger partial charge in [-0.25, -0.2) is 14.4 Å². The van der Waals surface area contributed by atoms with Crippen LogP contribution in [0.5, 0.6) is 0 Å². The predicted molar refractivity (Wildman–Crippen MR) is 112 cm³/mol. The second-order valence-electron chi connectivity index (χ2n) is 6.94. The van der Waals surface area contributed by atoms with E-state index in [4.69, 9.17) is 0 Å². The number of halogens is 1. The highest BCUT2D eigenvalue weighted by Crippen LogP contribution is 2.22. The van der Waals surface area contributed by atoms with Crippen molar-refractivity contribution in [3.63, 3.8) is 0 Å². The van der Waals surface area contributed by atoms with Gasteiger partial charge in [0.05, 0.1) is 17.4 Å². The molecule has 0 unspecified atom stereocenters. The molecular formula is C22H22FN5O. The van der Waals surface area contributed by atoms with Crippen molar-refractivity contribution in [3.8, 4) is 0 Å². The summed E-state index contributed by atoms with van der Waals surface area (Å²) in [4.78, 5) is 23.7. The summed E-state index contributed by atoms with van der Waals surface area (Å²) in [7, 11) is 0. The van der Waals surface area contributed by atoms with Crippen LogP contribution in [0.3, 0.4) is 0 Å². The van der Waals surface area contributed by atoms with E-state index >= 15 is 0 Å². The van der Waals surface area contributed by atoms with E-state index in [0.29, 0.717) is 22.8 Å². The van der Waals surface area contributed by atoms with Crippen molar-refractivity contribution < 1.29 is 9.18 Å². The molecule has 1 saturated heterocycles. The molecule has 0 bridgehead atoms. The summed E-state index contributed by atoms with van der Waals surface area (Å²) >= 11 is 0. The lowest BCUT2D eigenvalue weighted by Gasteiger charge is -2.27. The van der Waals surface area contributed by atoms with Crippen LogP contribution in [0.15, 0.2) is 60.9 Å². The summed E-state index contributed by atoms with van der Waals surface area (Å²) < 4.78 is 13.4. The lowest BCUT2D eigenvalue weighted by Crippen LogP contribution is -2.30. The van der Waals surface area contributed by atoms with E-state index in [0.717, 1.165) is 18.9 Å². The SMILES string of the molecule is O=C(Nc1ccc(N2CCCCC2)nc1)c1cccnc1Nc1cccc(F)c1. The van der Waals surface area contributed by atoms with Gasteiger partial charge in [-0.1, -0.05) is 6.07 Å². The van der Waals surface area contributed by atoms with Gasteiger partial charge in [-0.3, -0.25) is 4.79 Å². The average molecular weight is 391 g/mol. The molecule has 1 amide bonds. The minimum absolute atomic E-state index is 0.315. The number of nitrogens with one attached hydrogen (secondary N) is 2. The molecule has 1 fully saturated rings. The number of pyridine rings is 2. The third kappa shape index (κ3) is 4.68. The largest absolute Gasteiger partial charge is 0.357 e. The van der Waals surface area contributed by atoms with Crippen LogP contribution in [-0.4, -0.2) is 29.0 Å². The van der Waals surface area contributed by atoms with E-state index in [9.17, 15) is 9.18 Å². The Labute approximate surface area is 168 Å². The zero-order valence-corrected chi connectivity index (χ0v) is 15.9. The molecule has 1 aliphatic rings. The van der Waals surface area contributed by atoms with Crippen LogP contribution in [0.2, 0.25) is 0 Å². The molecule has 3 aromatic rings. The number of carbonyl (C=O) groups is 1. The van der Waals surface area contributed by atoms with Crippen molar-refractivity contribution in [3.05, 3.63) is 72.3 Å². The van der Waals surface area contributed by atoms with Crippen molar-refractivity contribution in [2.24, 2.45) is 0 Å². The number of nitrogens with zero attached hydrogens (tertiary/aromatic N) is 3. The van der Waals surface area contributed by atoms with Gasteiger partial charge in [0, 0.05) is 25.0 Å². The van der Waals surface area contributed by atoms with Gasteiger partial charge in [-0.2, -0.15) is 0 Å². The second kappa shape index (κ2) is 8.68. The summed E-state index contributed by atoms with van der Waals surface area (Å²) in [5.41, 5.74) is 1.48. The van der Waals surface area contributed by atoms with Gasteiger partial charge in [-0.05, 0) is 61.7 Å². The number of anilines is 4. The number of rotatable bonds is 5. The van der Waals surface area contributed by atoms with Crippen molar-refractivity contribution in [1.29, 1.82) is 0 Å². The number of hydrogen-bond donors (Lipinski definition) is 2. The molecular weight excluding hydrogens is 369 g/mol. The minimum atomic E-state index is -0.364. The number of aromatic nitrogens is 2. The standard InChI is InChI=1S/C22H22FN5O/c23-16-6-4-7-17(14-16)26-21-19(8-5-11-24-21)22(29)27-18-9-10-20(25-15-18)28-12-2-1-3-13-28/h4-11,14-15H,1-3,12-13H2,(H,24,26)(H,27,29). The number of amides is 1. The highest BCUT2D eigenvalue weighted by atomic mass is 19.1. The summed E-state index contributed by atoms with van der Waals surface area (Å²) in [6.45, 7) is 2.03. The third-order valence-electron chi connectivity index (χ3n) is 4.83. The van der Waals surface area contributed by atoms with E-state index < -0.39 is 0 Å². The van der Waals surface area contributed by atoms with Crippen molar-refractivity contribution >= 4 is 28.9 Å². The number of hydrogen-bond acceptors (Lipinski definition) is 5. The number of carbonyl (C=O) groups excluding carboxylic acids is 1. The Kier molecular flexibility index (Phi) is 5.65. The second-order valence-corrected chi connectivity index (χ2v) is 6.94. The van der Waals surface area contributed by atoms with E-state index in [-0.39, 0.29) is 11.7 Å². The smallest absolute Gasteiger partial charge is 0.259 e. The predicted octanol–water partition coefficient (Wildman–Crippen LogP) is 4.60. The Morgan fingerprint density at radius 1 is 0.966 bits per heavy atom. The van der Waals surface area contributed by atoms with E-state index in [2.05, 4.69) is 25.5 Å². The molecule has 7 heteroatoms. The summed E-state index contributed by atoms with van der Waals surface area (Å²) in [5, 5.41) is 5.85. The maximum atomic E-state index is 13.4. The van der Waals surface area contributed by atoms with Gasteiger partial charge in [-0.15, -0.1) is 0 Å². The zero-order valence-electron chi connectivity index (χ0n) is 15.9. The Morgan fingerprint density at radius 2 is 1.83 bits per heavy atom. The Bertz CT molecular complexity index is 987. The number of piperidine rings is 1. The van der Waals surface area contributed by atoms with Crippen LogP contribution in [0, 0.1) is 5.82 Å². The van der Waals surface area contributed by atoms with Crippen LogP contribution >= 0.6 is 0 Å². The molecule has 2 N–H and O–H groups in total. The zero-order chi connectivity index (χ0) is 20.1. The quantitative estimate of drug-likeness (QED) is 0.665. The van der Waals surface area contributed by atoms with E-state index in [1.165, 1.54) is 31.4 Å². The maximum absolute atomic E-state index is 13.4. The molecule has 0 radical (unpaired) electrons. The fourth-order valence-corrected chi connectivity index (χ4v) is 3.36. The minimum Gasteiger partial charge on any atom is -0.357 e. The summed E-state index contributed by atoms with van der Waals surface area (Å²) in [6, 6.07) is 13.1. The van der Waals surface area contributed by atoms with E-state index in [1.54, 1.807) is 36.7 Å². The van der Waals surface area contributed by atoms with Gasteiger partial charge in [0.25, 0.3) is 5.91 Å².